The van der Waals surface area contributed by atoms with Gasteiger partial charge in [-0.05, 0) is 64.8 Å². The first-order valence-electron chi connectivity index (χ1n) is 6.34. The van der Waals surface area contributed by atoms with E-state index >= 15 is 0 Å². The standard InChI is InChI=1S/C15H10ClIN2O/c16-11-4-8-6-15(7-9(8)5-12(11)17)10-2-1-3-18-13(10)19-14(15)20/h1-5H,6-7H2,(H,18,19,20)/t15-/m1/s1. The van der Waals surface area contributed by atoms with Gasteiger partial charge in [-0.3, -0.25) is 4.79 Å². The number of anilines is 1. The Morgan fingerprint density at radius 1 is 1.30 bits per heavy atom. The van der Waals surface area contributed by atoms with E-state index in [1.54, 1.807) is 6.20 Å². The summed E-state index contributed by atoms with van der Waals surface area (Å²) in [6.45, 7) is 0. The summed E-state index contributed by atoms with van der Waals surface area (Å²) in [5.74, 6) is 0.750. The molecule has 1 amide bonds. The number of hydrogen-bond acceptors (Lipinski definition) is 2. The molecular weight excluding hydrogens is 387 g/mol. The number of aromatic nitrogens is 1. The quantitative estimate of drug-likeness (QED) is 0.694. The fourth-order valence-corrected chi connectivity index (χ4v) is 3.98. The number of pyridine rings is 1. The van der Waals surface area contributed by atoms with Crippen molar-refractivity contribution in [3.63, 3.8) is 0 Å². The van der Waals surface area contributed by atoms with Gasteiger partial charge in [-0.15, -0.1) is 0 Å². The van der Waals surface area contributed by atoms with Crippen molar-refractivity contribution in [3.05, 3.63) is 55.7 Å². The molecule has 1 aromatic carbocycles. The van der Waals surface area contributed by atoms with Crippen LogP contribution in [0.5, 0.6) is 0 Å². The fraction of sp³-hybridized carbons (Fsp3) is 0.200. The molecule has 0 bridgehead atoms. The molecule has 0 saturated carbocycles. The third-order valence-electron chi connectivity index (χ3n) is 4.22. The Labute approximate surface area is 134 Å². The fourth-order valence-electron chi connectivity index (χ4n) is 3.26. The lowest BCUT2D eigenvalue weighted by molar-refractivity contribution is -0.120. The van der Waals surface area contributed by atoms with Crippen molar-refractivity contribution in [3.8, 4) is 0 Å². The molecule has 1 aromatic heterocycles. The summed E-state index contributed by atoms with van der Waals surface area (Å²) >= 11 is 8.43. The van der Waals surface area contributed by atoms with Crippen molar-refractivity contribution in [1.82, 2.24) is 4.98 Å². The Hall–Kier alpha value is -1.14. The molecule has 2 heterocycles. The molecular formula is C15H10ClIN2O. The van der Waals surface area contributed by atoms with Crippen molar-refractivity contribution < 1.29 is 4.79 Å². The Kier molecular flexibility index (Phi) is 2.63. The highest BCUT2D eigenvalue weighted by atomic mass is 127. The minimum Gasteiger partial charge on any atom is -0.310 e. The van der Waals surface area contributed by atoms with Crippen LogP contribution in [0.15, 0.2) is 30.5 Å². The summed E-state index contributed by atoms with van der Waals surface area (Å²) in [6.07, 6.45) is 3.13. The van der Waals surface area contributed by atoms with Gasteiger partial charge in [0.1, 0.15) is 5.82 Å². The van der Waals surface area contributed by atoms with Crippen LogP contribution in [-0.4, -0.2) is 10.9 Å². The molecule has 2 aliphatic rings. The van der Waals surface area contributed by atoms with E-state index in [0.717, 1.165) is 20.6 Å². The van der Waals surface area contributed by atoms with Crippen molar-refractivity contribution in [1.29, 1.82) is 0 Å². The summed E-state index contributed by atoms with van der Waals surface area (Å²) in [4.78, 5) is 16.8. The van der Waals surface area contributed by atoms with Gasteiger partial charge in [-0.25, -0.2) is 4.98 Å². The number of amides is 1. The summed E-state index contributed by atoms with van der Waals surface area (Å²) in [5, 5.41) is 3.67. The molecule has 0 saturated heterocycles. The molecule has 100 valence electrons. The van der Waals surface area contributed by atoms with Crippen LogP contribution in [0, 0.1) is 3.57 Å². The number of rotatable bonds is 0. The first-order chi connectivity index (χ1) is 9.60. The third-order valence-corrected chi connectivity index (χ3v) is 5.74. The van der Waals surface area contributed by atoms with Gasteiger partial charge in [0.2, 0.25) is 5.91 Å². The van der Waals surface area contributed by atoms with Crippen LogP contribution in [0.1, 0.15) is 16.7 Å². The van der Waals surface area contributed by atoms with Crippen molar-refractivity contribution in [2.75, 3.05) is 5.32 Å². The van der Waals surface area contributed by atoms with E-state index in [4.69, 9.17) is 11.6 Å². The van der Waals surface area contributed by atoms with E-state index in [-0.39, 0.29) is 5.91 Å². The van der Waals surface area contributed by atoms with Crippen molar-refractivity contribution >= 4 is 45.9 Å². The highest BCUT2D eigenvalue weighted by Crippen LogP contribution is 2.47. The maximum atomic E-state index is 12.5. The number of nitrogens with one attached hydrogen (secondary N) is 1. The van der Waals surface area contributed by atoms with Gasteiger partial charge in [0.05, 0.1) is 10.4 Å². The monoisotopic (exact) mass is 396 g/mol. The number of hydrogen-bond donors (Lipinski definition) is 1. The van der Waals surface area contributed by atoms with Crippen LogP contribution in [0.25, 0.3) is 0 Å². The molecule has 2 aromatic rings. The van der Waals surface area contributed by atoms with Crippen LogP contribution >= 0.6 is 34.2 Å². The normalized spacial score (nSPS) is 22.8. The van der Waals surface area contributed by atoms with E-state index in [1.165, 1.54) is 11.1 Å². The topological polar surface area (TPSA) is 42.0 Å². The van der Waals surface area contributed by atoms with E-state index < -0.39 is 5.41 Å². The van der Waals surface area contributed by atoms with Crippen LogP contribution in [-0.2, 0) is 23.1 Å². The smallest absolute Gasteiger partial charge is 0.237 e. The van der Waals surface area contributed by atoms with Crippen molar-refractivity contribution in [2.45, 2.75) is 18.3 Å². The number of halogens is 2. The summed E-state index contributed by atoms with van der Waals surface area (Å²) in [7, 11) is 0. The highest BCUT2D eigenvalue weighted by molar-refractivity contribution is 14.1. The average Bonchev–Trinajstić information content (AvgIpc) is 2.91. The lowest BCUT2D eigenvalue weighted by Crippen LogP contribution is -2.35. The Morgan fingerprint density at radius 2 is 2.05 bits per heavy atom. The molecule has 0 fully saturated rings. The largest absolute Gasteiger partial charge is 0.310 e. The number of carbonyl (C=O) groups is 1. The number of benzene rings is 1. The molecule has 1 aliphatic carbocycles. The minimum absolute atomic E-state index is 0.0496. The second-order valence-corrected chi connectivity index (χ2v) is 6.89. The van der Waals surface area contributed by atoms with Gasteiger partial charge in [-0.1, -0.05) is 17.7 Å². The SMILES string of the molecule is O=C1Nc2ncccc2[C@]12Cc1cc(Cl)c(I)cc1C2. The molecule has 5 heteroatoms. The highest BCUT2D eigenvalue weighted by Gasteiger charge is 2.51. The first kappa shape index (κ1) is 12.6. The summed E-state index contributed by atoms with van der Waals surface area (Å²) in [5.41, 5.74) is 2.89. The van der Waals surface area contributed by atoms with E-state index in [0.29, 0.717) is 12.2 Å². The van der Waals surface area contributed by atoms with Crippen LogP contribution in [0.4, 0.5) is 5.82 Å². The maximum Gasteiger partial charge on any atom is 0.237 e. The zero-order chi connectivity index (χ0) is 13.9. The molecule has 1 aliphatic heterocycles. The van der Waals surface area contributed by atoms with Gasteiger partial charge in [0, 0.05) is 15.3 Å². The molecule has 0 unspecified atom stereocenters. The molecule has 20 heavy (non-hydrogen) atoms. The maximum absolute atomic E-state index is 12.5. The molecule has 1 N–H and O–H groups in total. The Balaban J connectivity index is 1.88. The third kappa shape index (κ3) is 1.58. The summed E-state index contributed by atoms with van der Waals surface area (Å²) < 4.78 is 1.03. The second kappa shape index (κ2) is 4.18. The van der Waals surface area contributed by atoms with E-state index in [2.05, 4.69) is 39.0 Å². The zero-order valence-electron chi connectivity index (χ0n) is 10.4. The molecule has 3 nitrogen and oxygen atoms in total. The van der Waals surface area contributed by atoms with Gasteiger partial charge >= 0.3 is 0 Å². The first-order valence-corrected chi connectivity index (χ1v) is 7.79. The summed E-state index contributed by atoms with van der Waals surface area (Å²) in [6, 6.07) is 7.98. The van der Waals surface area contributed by atoms with Crippen molar-refractivity contribution in [2.24, 2.45) is 0 Å². The van der Waals surface area contributed by atoms with Gasteiger partial charge in [0.25, 0.3) is 0 Å². The predicted molar refractivity (Wildman–Crippen MR) is 86.1 cm³/mol. The zero-order valence-corrected chi connectivity index (χ0v) is 13.3. The second-order valence-electron chi connectivity index (χ2n) is 5.32. The molecule has 1 spiro atoms. The molecule has 4 rings (SSSR count). The van der Waals surface area contributed by atoms with Crippen LogP contribution < -0.4 is 5.32 Å². The lowest BCUT2D eigenvalue weighted by Gasteiger charge is -2.20. The predicted octanol–water partition coefficient (Wildman–Crippen LogP) is 3.33. The number of carbonyl (C=O) groups excluding carboxylic acids is 1. The van der Waals surface area contributed by atoms with Crippen LogP contribution in [0.3, 0.4) is 0 Å². The Bertz CT molecular complexity index is 729. The molecule has 0 radical (unpaired) electrons. The average molecular weight is 397 g/mol. The van der Waals surface area contributed by atoms with Gasteiger partial charge in [0.15, 0.2) is 0 Å². The van der Waals surface area contributed by atoms with E-state index in [9.17, 15) is 4.79 Å². The minimum atomic E-state index is -0.500. The van der Waals surface area contributed by atoms with Gasteiger partial charge < -0.3 is 5.32 Å². The lowest BCUT2D eigenvalue weighted by atomic mass is 9.79. The number of fused-ring (bicyclic) bond motifs is 3. The van der Waals surface area contributed by atoms with Gasteiger partial charge in [-0.2, -0.15) is 0 Å². The molecule has 1 atom stereocenters. The van der Waals surface area contributed by atoms with Crippen LogP contribution in [0.2, 0.25) is 5.02 Å². The van der Waals surface area contributed by atoms with E-state index in [1.807, 2.05) is 18.2 Å². The number of nitrogens with zero attached hydrogens (tertiary/aromatic N) is 1. The Morgan fingerprint density at radius 3 is 2.85 bits per heavy atom.